The first-order valence-corrected chi connectivity index (χ1v) is 15.1. The molecular weight excluding hydrogens is 579 g/mol. The van der Waals surface area contributed by atoms with Gasteiger partial charge >= 0.3 is 6.03 Å². The van der Waals surface area contributed by atoms with Crippen LogP contribution >= 0.6 is 0 Å². The fraction of sp³-hybridized carbons (Fsp3) is 0.333. The first kappa shape index (κ1) is 31.6. The second-order valence-corrected chi connectivity index (χ2v) is 12.1. The lowest BCUT2D eigenvalue weighted by atomic mass is 9.99. The maximum absolute atomic E-state index is 13.7. The van der Waals surface area contributed by atoms with Crippen LogP contribution in [-0.2, 0) is 10.0 Å². The highest BCUT2D eigenvalue weighted by Gasteiger charge is 2.34. The van der Waals surface area contributed by atoms with Crippen molar-refractivity contribution in [1.82, 2.24) is 9.80 Å². The average molecular weight is 615 g/mol. The SMILES string of the molecule is COc1ccc(S(=O)(=O)Nc2ccc3c(c2)C(=O)N([C@H](C)CO)C[C@H](C)[C@@H](CN(C)C(=O)Nc2ccc(F)cc2)O3)cc1. The van der Waals surface area contributed by atoms with Gasteiger partial charge in [-0.1, -0.05) is 6.92 Å². The minimum Gasteiger partial charge on any atom is -0.497 e. The van der Waals surface area contributed by atoms with E-state index in [2.05, 4.69) is 10.0 Å². The second kappa shape index (κ2) is 13.3. The van der Waals surface area contributed by atoms with Crippen molar-refractivity contribution in [2.75, 3.05) is 43.9 Å². The molecule has 3 atom stereocenters. The smallest absolute Gasteiger partial charge is 0.321 e. The van der Waals surface area contributed by atoms with E-state index in [9.17, 15) is 27.5 Å². The molecule has 11 nitrogen and oxygen atoms in total. The molecule has 0 aromatic heterocycles. The zero-order chi connectivity index (χ0) is 31.3. The molecule has 0 spiro atoms. The minimum absolute atomic E-state index is 0.00832. The van der Waals surface area contributed by atoms with E-state index in [0.717, 1.165) is 0 Å². The summed E-state index contributed by atoms with van der Waals surface area (Å²) in [4.78, 5) is 29.5. The second-order valence-electron chi connectivity index (χ2n) is 10.4. The number of aliphatic hydroxyl groups is 1. The number of aliphatic hydroxyl groups excluding tert-OH is 1. The van der Waals surface area contributed by atoms with E-state index in [1.807, 2.05) is 6.92 Å². The number of fused-ring (bicyclic) bond motifs is 1. The molecule has 0 saturated carbocycles. The van der Waals surface area contributed by atoms with Crippen molar-refractivity contribution < 1.29 is 37.0 Å². The van der Waals surface area contributed by atoms with E-state index >= 15 is 0 Å². The number of amides is 3. The lowest BCUT2D eigenvalue weighted by molar-refractivity contribution is 0.0371. The number of carbonyl (C=O) groups is 2. The summed E-state index contributed by atoms with van der Waals surface area (Å²) in [5.41, 5.74) is 0.669. The molecule has 0 aliphatic carbocycles. The van der Waals surface area contributed by atoms with Crippen molar-refractivity contribution in [1.29, 1.82) is 0 Å². The summed E-state index contributed by atoms with van der Waals surface area (Å²) < 4.78 is 53.2. The van der Waals surface area contributed by atoms with E-state index < -0.39 is 39.9 Å². The van der Waals surface area contributed by atoms with Crippen LogP contribution in [-0.4, -0.2) is 81.3 Å². The molecule has 3 aromatic rings. The Hall–Kier alpha value is -4.36. The normalized spacial score (nSPS) is 17.5. The zero-order valence-corrected chi connectivity index (χ0v) is 25.1. The van der Waals surface area contributed by atoms with E-state index in [1.165, 1.54) is 83.6 Å². The largest absolute Gasteiger partial charge is 0.497 e. The predicted molar refractivity (Wildman–Crippen MR) is 159 cm³/mol. The third-order valence-electron chi connectivity index (χ3n) is 7.18. The first-order valence-electron chi connectivity index (χ1n) is 13.6. The molecule has 13 heteroatoms. The maximum Gasteiger partial charge on any atom is 0.321 e. The number of rotatable bonds is 9. The Balaban J connectivity index is 1.60. The molecule has 43 heavy (non-hydrogen) atoms. The van der Waals surface area contributed by atoms with Gasteiger partial charge in [0.05, 0.1) is 36.8 Å². The van der Waals surface area contributed by atoms with Crippen molar-refractivity contribution in [3.8, 4) is 11.5 Å². The van der Waals surface area contributed by atoms with Crippen LogP contribution in [0.5, 0.6) is 11.5 Å². The number of hydrogen-bond acceptors (Lipinski definition) is 7. The molecule has 1 heterocycles. The van der Waals surface area contributed by atoms with Crippen LogP contribution in [0.15, 0.2) is 71.6 Å². The van der Waals surface area contributed by atoms with Crippen molar-refractivity contribution in [3.63, 3.8) is 0 Å². The van der Waals surface area contributed by atoms with Gasteiger partial charge in [0, 0.05) is 30.9 Å². The van der Waals surface area contributed by atoms with E-state index in [-0.39, 0.29) is 47.5 Å². The molecule has 3 amide bonds. The summed E-state index contributed by atoms with van der Waals surface area (Å²) in [7, 11) is -0.923. The van der Waals surface area contributed by atoms with Crippen molar-refractivity contribution in [3.05, 3.63) is 78.1 Å². The number of anilines is 2. The molecule has 230 valence electrons. The van der Waals surface area contributed by atoms with Gasteiger partial charge < -0.3 is 29.7 Å². The molecule has 0 saturated heterocycles. The highest BCUT2D eigenvalue weighted by Crippen LogP contribution is 2.31. The summed E-state index contributed by atoms with van der Waals surface area (Å²) in [5.74, 6) is -0.412. The third-order valence-corrected chi connectivity index (χ3v) is 8.58. The number of likely N-dealkylation sites (N-methyl/N-ethyl adjacent to an activating group) is 1. The van der Waals surface area contributed by atoms with Crippen molar-refractivity contribution in [2.45, 2.75) is 30.9 Å². The maximum atomic E-state index is 13.7. The summed E-state index contributed by atoms with van der Waals surface area (Å²) >= 11 is 0. The van der Waals surface area contributed by atoms with Gasteiger partial charge in [0.25, 0.3) is 15.9 Å². The van der Waals surface area contributed by atoms with Gasteiger partial charge in [0.2, 0.25) is 0 Å². The van der Waals surface area contributed by atoms with Gasteiger partial charge in [-0.3, -0.25) is 9.52 Å². The summed E-state index contributed by atoms with van der Waals surface area (Å²) in [6, 6.07) is 14.7. The number of carbonyl (C=O) groups excluding carboxylic acids is 2. The highest BCUT2D eigenvalue weighted by molar-refractivity contribution is 7.92. The first-order chi connectivity index (χ1) is 20.4. The Morgan fingerprint density at radius 3 is 2.42 bits per heavy atom. The number of nitrogens with one attached hydrogen (secondary N) is 2. The summed E-state index contributed by atoms with van der Waals surface area (Å²) in [6.45, 7) is 3.64. The van der Waals surface area contributed by atoms with Crippen LogP contribution in [0.2, 0.25) is 0 Å². The topological polar surface area (TPSA) is 138 Å². The van der Waals surface area contributed by atoms with Crippen molar-refractivity contribution in [2.24, 2.45) is 5.92 Å². The average Bonchev–Trinajstić information content (AvgIpc) is 2.99. The molecular formula is C30H35FN4O7S. The molecule has 0 radical (unpaired) electrons. The predicted octanol–water partition coefficient (Wildman–Crippen LogP) is 4.02. The van der Waals surface area contributed by atoms with Gasteiger partial charge in [0.1, 0.15) is 23.4 Å². The fourth-order valence-corrected chi connectivity index (χ4v) is 5.63. The van der Waals surface area contributed by atoms with Crippen LogP contribution in [0.1, 0.15) is 24.2 Å². The Kier molecular flexibility index (Phi) is 9.77. The molecule has 3 N–H and O–H groups in total. The summed E-state index contributed by atoms with van der Waals surface area (Å²) in [6.07, 6.45) is -0.578. The van der Waals surface area contributed by atoms with Gasteiger partial charge in [-0.2, -0.15) is 0 Å². The number of hydrogen-bond donors (Lipinski definition) is 3. The Morgan fingerprint density at radius 2 is 1.79 bits per heavy atom. The van der Waals surface area contributed by atoms with Crippen LogP contribution in [0, 0.1) is 11.7 Å². The molecule has 1 aliphatic rings. The quantitative estimate of drug-likeness (QED) is 0.331. The van der Waals surface area contributed by atoms with Gasteiger partial charge in [-0.05, 0) is 73.7 Å². The van der Waals surface area contributed by atoms with Gasteiger partial charge in [-0.15, -0.1) is 0 Å². The molecule has 1 aliphatic heterocycles. The standard InChI is InChI=1S/C30H35FN4O7S/c1-19-16-35(20(2)18-36)29(37)26-15-23(33-43(39,40)25-12-10-24(41-4)11-13-25)9-14-27(26)42-28(19)17-34(3)30(38)32-22-7-5-21(31)6-8-22/h5-15,19-20,28,33,36H,16-18H2,1-4H3,(H,32,38)/t19-,20+,28+/m0/s1. The number of halogens is 1. The van der Waals surface area contributed by atoms with Gasteiger partial charge in [0.15, 0.2) is 0 Å². The minimum atomic E-state index is -3.99. The number of ether oxygens (including phenoxy) is 2. The van der Waals surface area contributed by atoms with Crippen LogP contribution in [0.25, 0.3) is 0 Å². The fourth-order valence-electron chi connectivity index (χ4n) is 4.58. The monoisotopic (exact) mass is 614 g/mol. The highest BCUT2D eigenvalue weighted by atomic mass is 32.2. The van der Waals surface area contributed by atoms with E-state index in [0.29, 0.717) is 11.4 Å². The Labute approximate surface area is 250 Å². The number of sulfonamides is 1. The van der Waals surface area contributed by atoms with E-state index in [4.69, 9.17) is 9.47 Å². The number of urea groups is 1. The number of nitrogens with zero attached hydrogens (tertiary/aromatic N) is 2. The molecule has 0 fully saturated rings. The van der Waals surface area contributed by atoms with Crippen LogP contribution in [0.3, 0.4) is 0 Å². The Morgan fingerprint density at radius 1 is 1.14 bits per heavy atom. The summed E-state index contributed by atoms with van der Waals surface area (Å²) in [5, 5.41) is 12.6. The van der Waals surface area contributed by atoms with Crippen LogP contribution in [0.4, 0.5) is 20.6 Å². The number of methoxy groups -OCH3 is 1. The number of benzene rings is 3. The lowest BCUT2D eigenvalue weighted by Gasteiger charge is -2.38. The molecule has 3 aromatic carbocycles. The van der Waals surface area contributed by atoms with Gasteiger partial charge in [-0.25, -0.2) is 17.6 Å². The lowest BCUT2D eigenvalue weighted by Crippen LogP contribution is -2.50. The molecule has 0 bridgehead atoms. The van der Waals surface area contributed by atoms with Crippen molar-refractivity contribution >= 4 is 33.3 Å². The Bertz CT molecular complexity index is 1550. The molecule has 0 unspecified atom stereocenters. The van der Waals surface area contributed by atoms with Crippen LogP contribution < -0.4 is 19.5 Å². The zero-order valence-electron chi connectivity index (χ0n) is 24.3. The molecule has 4 rings (SSSR count). The van der Waals surface area contributed by atoms with E-state index in [1.54, 1.807) is 14.0 Å². The third kappa shape index (κ3) is 7.54.